The van der Waals surface area contributed by atoms with Crippen molar-refractivity contribution in [3.63, 3.8) is 0 Å². The monoisotopic (exact) mass is 740 g/mol. The summed E-state index contributed by atoms with van der Waals surface area (Å²) in [7, 11) is 0. The van der Waals surface area contributed by atoms with Crippen molar-refractivity contribution < 1.29 is 57.0 Å². The molecule has 4 unspecified atom stereocenters. The van der Waals surface area contributed by atoms with Crippen molar-refractivity contribution >= 4 is 24.2 Å². The number of hydrogen-bond acceptors (Lipinski definition) is 13. The molecule has 2 heterocycles. The number of carbonyl (C=O) groups is 2. The molecule has 52 heavy (non-hydrogen) atoms. The Balaban J connectivity index is 1.60. The van der Waals surface area contributed by atoms with Crippen LogP contribution in [0.2, 0.25) is 0 Å². The summed E-state index contributed by atoms with van der Waals surface area (Å²) in [6.07, 6.45) is 14.4. The predicted octanol–water partition coefficient (Wildman–Crippen LogP) is 3.35. The topological polar surface area (TPSA) is 169 Å². The lowest BCUT2D eigenvalue weighted by Crippen LogP contribution is -2.44. The van der Waals surface area contributed by atoms with Crippen LogP contribution in [0.5, 0.6) is 0 Å². The number of amides is 1. The molecule has 1 amide bonds. The van der Waals surface area contributed by atoms with E-state index in [2.05, 4.69) is 22.5 Å². The summed E-state index contributed by atoms with van der Waals surface area (Å²) in [6.45, 7) is 12.8. The summed E-state index contributed by atoms with van der Waals surface area (Å²) in [5.41, 5.74) is 0.351. The molecule has 16 heteroatoms. The van der Waals surface area contributed by atoms with Crippen molar-refractivity contribution in [3.8, 4) is 0 Å². The molecule has 0 aromatic carbocycles. The van der Waals surface area contributed by atoms with Crippen LogP contribution in [0.3, 0.4) is 0 Å². The van der Waals surface area contributed by atoms with Gasteiger partial charge in [-0.2, -0.15) is 9.59 Å². The first kappa shape index (κ1) is 45.1. The molecular formula is C36H64N6O10+2. The van der Waals surface area contributed by atoms with Gasteiger partial charge in [-0.1, -0.05) is 24.6 Å². The van der Waals surface area contributed by atoms with Gasteiger partial charge in [-0.3, -0.25) is 9.68 Å². The highest BCUT2D eigenvalue weighted by atomic mass is 17.0. The van der Waals surface area contributed by atoms with Gasteiger partial charge >= 0.3 is 24.2 Å². The molecule has 0 radical (unpaired) electrons. The second kappa shape index (κ2) is 28.5. The van der Waals surface area contributed by atoms with Crippen LogP contribution in [0, 0.1) is 0 Å². The Bertz CT molecular complexity index is 1100. The van der Waals surface area contributed by atoms with Crippen LogP contribution in [-0.2, 0) is 43.0 Å². The highest BCUT2D eigenvalue weighted by Gasteiger charge is 2.26. The minimum atomic E-state index is -0.482. The van der Waals surface area contributed by atoms with E-state index in [1.807, 2.05) is 12.2 Å². The van der Waals surface area contributed by atoms with E-state index < -0.39 is 18.2 Å². The fourth-order valence-electron chi connectivity index (χ4n) is 5.68. The van der Waals surface area contributed by atoms with Crippen molar-refractivity contribution in [1.29, 1.82) is 0 Å². The molecule has 296 valence electrons. The zero-order valence-corrected chi connectivity index (χ0v) is 31.7. The molecule has 2 aliphatic rings. The van der Waals surface area contributed by atoms with Crippen LogP contribution in [0.4, 0.5) is 4.79 Å². The number of isocyanates is 2. The first-order chi connectivity index (χ1) is 25.2. The zero-order chi connectivity index (χ0) is 37.8. The number of carbonyl (C=O) groups excluding carboxylic acids is 4. The van der Waals surface area contributed by atoms with Gasteiger partial charge < -0.3 is 24.3 Å². The molecule has 0 bridgehead atoms. The standard InChI is InChI=1S/C36H63N6O10/c1-30(2)35(45)51-31(3)24-47-22-15-23-48-25-32(4)52-36(46)37-18-11-5-6-14-21-42(49-26-38-33-16-9-7-12-19-40(33)28-43)50-27-39-34-17-10-8-13-20-41(34)29-44/h31-34,38-39H,1,5-27H2,2-4H3/q+1/p+1. The quantitative estimate of drug-likeness (QED) is 0.0225. The number of alkyl carbamates (subject to hydrolysis) is 1. The van der Waals surface area contributed by atoms with Crippen molar-refractivity contribution in [2.75, 3.05) is 66.1 Å². The second-order valence-electron chi connectivity index (χ2n) is 13.4. The van der Waals surface area contributed by atoms with E-state index in [9.17, 15) is 19.2 Å². The zero-order valence-electron chi connectivity index (χ0n) is 31.7. The molecule has 3 N–H and O–H groups in total. The van der Waals surface area contributed by atoms with E-state index in [-0.39, 0.29) is 38.5 Å². The summed E-state index contributed by atoms with van der Waals surface area (Å²) in [4.78, 5) is 58.4. The first-order valence-corrected chi connectivity index (χ1v) is 19.0. The lowest BCUT2D eigenvalue weighted by atomic mass is 10.2. The molecule has 0 saturated carbocycles. The fourth-order valence-corrected chi connectivity index (χ4v) is 5.68. The van der Waals surface area contributed by atoms with Gasteiger partial charge in [0.25, 0.3) is 0 Å². The Morgan fingerprint density at radius 3 is 1.85 bits per heavy atom. The van der Waals surface area contributed by atoms with E-state index >= 15 is 0 Å². The molecule has 2 fully saturated rings. The van der Waals surface area contributed by atoms with Gasteiger partial charge in [0.1, 0.15) is 25.7 Å². The molecule has 16 nitrogen and oxygen atoms in total. The minimum absolute atomic E-state index is 0.134. The van der Waals surface area contributed by atoms with Crippen LogP contribution < -0.4 is 16.0 Å². The summed E-state index contributed by atoms with van der Waals surface area (Å²) in [6, 6.07) is 0. The average molecular weight is 741 g/mol. The number of ether oxygens (including phenoxy) is 4. The number of nitrogens with zero attached hydrogens (tertiary/aromatic N) is 3. The van der Waals surface area contributed by atoms with Gasteiger partial charge in [-0.05, 0) is 65.7 Å². The third-order valence-electron chi connectivity index (χ3n) is 8.58. The fraction of sp³-hybridized carbons (Fsp3) is 0.833. The van der Waals surface area contributed by atoms with Gasteiger partial charge in [0.05, 0.1) is 19.8 Å². The Labute approximate surface area is 309 Å². The van der Waals surface area contributed by atoms with Crippen LogP contribution in [-0.4, -0.2) is 129 Å². The molecule has 4 atom stereocenters. The molecule has 2 aliphatic heterocycles. The van der Waals surface area contributed by atoms with Crippen molar-refractivity contribution in [3.05, 3.63) is 12.2 Å². The first-order valence-electron chi connectivity index (χ1n) is 19.0. The van der Waals surface area contributed by atoms with Crippen molar-refractivity contribution in [2.45, 2.75) is 129 Å². The van der Waals surface area contributed by atoms with Crippen LogP contribution in [0.25, 0.3) is 0 Å². The Morgan fingerprint density at radius 2 is 1.31 bits per heavy atom. The predicted molar refractivity (Wildman–Crippen MR) is 190 cm³/mol. The van der Waals surface area contributed by atoms with Gasteiger partial charge in [0.15, 0.2) is 13.1 Å². The van der Waals surface area contributed by atoms with E-state index in [0.29, 0.717) is 58.0 Å². The van der Waals surface area contributed by atoms with Crippen molar-refractivity contribution in [2.24, 2.45) is 0 Å². The Kier molecular flexibility index (Phi) is 24.7. The smallest absolute Gasteiger partial charge is 0.425 e. The van der Waals surface area contributed by atoms with Crippen LogP contribution in [0.1, 0.15) is 104 Å². The Hall–Kier alpha value is -3.04. The highest BCUT2D eigenvalue weighted by Crippen LogP contribution is 2.12. The summed E-state index contributed by atoms with van der Waals surface area (Å²) in [5, 5.41) is 10.8. The van der Waals surface area contributed by atoms with Crippen molar-refractivity contribution in [1.82, 2.24) is 21.2 Å². The SMILES string of the molecule is C=C(C)C(=O)OC(C)COCCCOCC(C)OC(=O)NCCCCCCN(OCNC1CCCCC[N+]1=C=O)OCNC1CCCCC[N+]1=C=O. The number of unbranched alkanes of at least 4 members (excludes halogenated alkanes) is 3. The Morgan fingerprint density at radius 1 is 0.769 bits per heavy atom. The molecular weight excluding hydrogens is 676 g/mol. The second-order valence-corrected chi connectivity index (χ2v) is 13.4. The number of hydroxylamine groups is 2. The lowest BCUT2D eigenvalue weighted by Gasteiger charge is -2.23. The maximum atomic E-state index is 12.2. The largest absolute Gasteiger partial charge is 0.457 e. The maximum absolute atomic E-state index is 12.2. The molecule has 0 aliphatic carbocycles. The van der Waals surface area contributed by atoms with Gasteiger partial charge in [-0.25, -0.2) is 20.2 Å². The van der Waals surface area contributed by atoms with Crippen LogP contribution >= 0.6 is 0 Å². The molecule has 2 rings (SSSR count). The highest BCUT2D eigenvalue weighted by molar-refractivity contribution is 5.87. The maximum Gasteiger partial charge on any atom is 0.425 e. The van der Waals surface area contributed by atoms with E-state index in [4.69, 9.17) is 28.6 Å². The average Bonchev–Trinajstić information content (AvgIpc) is 3.50. The number of nitrogens with one attached hydrogen (secondary N) is 3. The summed E-state index contributed by atoms with van der Waals surface area (Å²) >= 11 is 0. The molecule has 0 aromatic heterocycles. The third-order valence-corrected chi connectivity index (χ3v) is 8.58. The lowest BCUT2D eigenvalue weighted by molar-refractivity contribution is -0.572. The molecule has 2 saturated heterocycles. The number of hydrogen-bond donors (Lipinski definition) is 3. The van der Waals surface area contributed by atoms with E-state index in [0.717, 1.165) is 77.0 Å². The normalized spacial score (nSPS) is 19.2. The van der Waals surface area contributed by atoms with E-state index in [1.54, 1.807) is 29.9 Å². The minimum Gasteiger partial charge on any atom is -0.457 e. The third kappa shape index (κ3) is 20.9. The summed E-state index contributed by atoms with van der Waals surface area (Å²) < 4.78 is 24.9. The van der Waals surface area contributed by atoms with Gasteiger partial charge in [-0.15, -0.1) is 9.15 Å². The summed E-state index contributed by atoms with van der Waals surface area (Å²) in [5.74, 6) is -0.432. The van der Waals surface area contributed by atoms with E-state index in [1.165, 1.54) is 5.23 Å². The van der Waals surface area contributed by atoms with Gasteiger partial charge in [0, 0.05) is 51.0 Å². The van der Waals surface area contributed by atoms with Gasteiger partial charge in [0.2, 0.25) is 12.3 Å². The molecule has 0 aromatic rings. The number of esters is 1. The number of rotatable bonds is 26. The molecule has 0 spiro atoms. The van der Waals surface area contributed by atoms with Crippen LogP contribution in [0.15, 0.2) is 12.2 Å².